The van der Waals surface area contributed by atoms with Crippen molar-refractivity contribution in [3.05, 3.63) is 42.1 Å². The van der Waals surface area contributed by atoms with Crippen molar-refractivity contribution in [1.82, 2.24) is 9.78 Å². The van der Waals surface area contributed by atoms with Gasteiger partial charge in [0.1, 0.15) is 5.82 Å². The van der Waals surface area contributed by atoms with Crippen LogP contribution in [0.5, 0.6) is 0 Å². The molecule has 1 atom stereocenters. The fourth-order valence-electron chi connectivity index (χ4n) is 3.10. The third kappa shape index (κ3) is 3.57. The van der Waals surface area contributed by atoms with Crippen LogP contribution in [0.2, 0.25) is 0 Å². The highest BCUT2D eigenvalue weighted by molar-refractivity contribution is 6.03. The number of aryl methyl sites for hydroxylation is 1. The molecular weight excluding hydrogens is 316 g/mol. The van der Waals surface area contributed by atoms with Crippen molar-refractivity contribution in [1.29, 1.82) is 0 Å². The Kier molecular flexibility index (Phi) is 4.88. The molecule has 6 nitrogen and oxygen atoms in total. The molecule has 6 heteroatoms. The zero-order chi connectivity index (χ0) is 18.0. The predicted octanol–water partition coefficient (Wildman–Crippen LogP) is 3.02. The molecule has 1 aromatic carbocycles. The summed E-state index contributed by atoms with van der Waals surface area (Å²) in [6.07, 6.45) is 2.86. The number of nitrogens with zero attached hydrogens (tertiary/aromatic N) is 3. The molecule has 1 aliphatic heterocycles. The first-order valence-electron chi connectivity index (χ1n) is 8.73. The number of rotatable bonds is 5. The summed E-state index contributed by atoms with van der Waals surface area (Å²) < 4.78 is 1.76. The summed E-state index contributed by atoms with van der Waals surface area (Å²) in [6, 6.07) is 9.88. The number of carbonyl (C=O) groups is 2. The van der Waals surface area contributed by atoms with Gasteiger partial charge in [-0.25, -0.2) is 4.68 Å². The lowest BCUT2D eigenvalue weighted by Crippen LogP contribution is -2.28. The second-order valence-corrected chi connectivity index (χ2v) is 6.67. The van der Waals surface area contributed by atoms with Crippen LogP contribution in [-0.2, 0) is 16.0 Å². The summed E-state index contributed by atoms with van der Waals surface area (Å²) in [5, 5.41) is 7.12. The zero-order valence-corrected chi connectivity index (χ0v) is 14.9. The Labute approximate surface area is 147 Å². The van der Waals surface area contributed by atoms with E-state index in [1.54, 1.807) is 21.8 Å². The number of carbonyl (C=O) groups excluding carboxylic acids is 2. The molecular formula is C19H24N4O2. The first kappa shape index (κ1) is 17.2. The number of hydrogen-bond acceptors (Lipinski definition) is 3. The van der Waals surface area contributed by atoms with Gasteiger partial charge in [0.2, 0.25) is 11.8 Å². The standard InChI is InChI=1S/C19H24N4O2/c1-4-14-5-7-16(8-6-14)22-12-15(11-18(22)24)19(25)21-17-9-10-20-23(17)13(2)3/h5-10,13,15H,4,11-12H2,1-3H3,(H,21,25). The number of amides is 2. The van der Waals surface area contributed by atoms with E-state index in [0.29, 0.717) is 12.4 Å². The molecule has 1 N–H and O–H groups in total. The minimum atomic E-state index is -0.353. The second kappa shape index (κ2) is 7.09. The summed E-state index contributed by atoms with van der Waals surface area (Å²) >= 11 is 0. The highest BCUT2D eigenvalue weighted by atomic mass is 16.2. The van der Waals surface area contributed by atoms with Gasteiger partial charge in [-0.15, -0.1) is 0 Å². The third-order valence-corrected chi connectivity index (χ3v) is 4.56. The molecule has 0 radical (unpaired) electrons. The lowest BCUT2D eigenvalue weighted by Gasteiger charge is -2.17. The van der Waals surface area contributed by atoms with E-state index in [2.05, 4.69) is 17.3 Å². The molecule has 25 heavy (non-hydrogen) atoms. The van der Waals surface area contributed by atoms with Crippen LogP contribution >= 0.6 is 0 Å². The second-order valence-electron chi connectivity index (χ2n) is 6.67. The van der Waals surface area contributed by atoms with Gasteiger partial charge < -0.3 is 10.2 Å². The van der Waals surface area contributed by atoms with Gasteiger partial charge in [-0.2, -0.15) is 5.10 Å². The van der Waals surface area contributed by atoms with Crippen LogP contribution in [0.3, 0.4) is 0 Å². The van der Waals surface area contributed by atoms with E-state index in [0.717, 1.165) is 12.1 Å². The Hall–Kier alpha value is -2.63. The maximum Gasteiger partial charge on any atom is 0.230 e. The molecule has 1 unspecified atom stereocenters. The van der Waals surface area contributed by atoms with Crippen molar-refractivity contribution < 1.29 is 9.59 Å². The normalized spacial score (nSPS) is 17.4. The molecule has 1 aliphatic rings. The van der Waals surface area contributed by atoms with Crippen molar-refractivity contribution in [3.8, 4) is 0 Å². The highest BCUT2D eigenvalue weighted by Crippen LogP contribution is 2.26. The van der Waals surface area contributed by atoms with Crippen LogP contribution in [0.1, 0.15) is 38.8 Å². The smallest absolute Gasteiger partial charge is 0.230 e. The molecule has 0 aliphatic carbocycles. The molecule has 0 bridgehead atoms. The van der Waals surface area contributed by atoms with Gasteiger partial charge in [0, 0.05) is 30.8 Å². The Balaban J connectivity index is 1.69. The van der Waals surface area contributed by atoms with E-state index in [4.69, 9.17) is 0 Å². The van der Waals surface area contributed by atoms with Crippen LogP contribution in [0.15, 0.2) is 36.5 Å². The Bertz CT molecular complexity index is 764. The SMILES string of the molecule is CCc1ccc(N2CC(C(=O)Nc3ccnn3C(C)C)CC2=O)cc1. The molecule has 1 saturated heterocycles. The van der Waals surface area contributed by atoms with E-state index < -0.39 is 0 Å². The number of benzene rings is 1. The van der Waals surface area contributed by atoms with Crippen LogP contribution < -0.4 is 10.2 Å². The van der Waals surface area contributed by atoms with Crippen molar-refractivity contribution in [2.24, 2.45) is 5.92 Å². The largest absolute Gasteiger partial charge is 0.312 e. The lowest BCUT2D eigenvalue weighted by molar-refractivity contribution is -0.122. The van der Waals surface area contributed by atoms with E-state index in [1.807, 2.05) is 38.1 Å². The molecule has 3 rings (SSSR count). The van der Waals surface area contributed by atoms with Crippen LogP contribution in [0.4, 0.5) is 11.5 Å². The summed E-state index contributed by atoms with van der Waals surface area (Å²) in [6.45, 7) is 6.51. The third-order valence-electron chi connectivity index (χ3n) is 4.56. The maximum absolute atomic E-state index is 12.6. The molecule has 2 aromatic rings. The highest BCUT2D eigenvalue weighted by Gasteiger charge is 2.35. The topological polar surface area (TPSA) is 67.2 Å². The number of hydrogen-bond donors (Lipinski definition) is 1. The quantitative estimate of drug-likeness (QED) is 0.910. The van der Waals surface area contributed by atoms with Crippen LogP contribution in [0, 0.1) is 5.92 Å². The molecule has 0 spiro atoms. The van der Waals surface area contributed by atoms with E-state index >= 15 is 0 Å². The lowest BCUT2D eigenvalue weighted by atomic mass is 10.1. The summed E-state index contributed by atoms with van der Waals surface area (Å²) in [5.41, 5.74) is 2.08. The minimum Gasteiger partial charge on any atom is -0.312 e. The molecule has 2 heterocycles. The van der Waals surface area contributed by atoms with Crippen molar-refractivity contribution >= 4 is 23.3 Å². The van der Waals surface area contributed by atoms with Gasteiger partial charge >= 0.3 is 0 Å². The number of aromatic nitrogens is 2. The average molecular weight is 340 g/mol. The van der Waals surface area contributed by atoms with E-state index in [-0.39, 0.29) is 30.2 Å². The average Bonchev–Trinajstić information content (AvgIpc) is 3.21. The van der Waals surface area contributed by atoms with Crippen LogP contribution in [-0.4, -0.2) is 28.1 Å². The fraction of sp³-hybridized carbons (Fsp3) is 0.421. The van der Waals surface area contributed by atoms with Gasteiger partial charge in [-0.1, -0.05) is 19.1 Å². The zero-order valence-electron chi connectivity index (χ0n) is 14.9. The monoisotopic (exact) mass is 340 g/mol. The molecule has 132 valence electrons. The van der Waals surface area contributed by atoms with Gasteiger partial charge in [-0.3, -0.25) is 9.59 Å². The van der Waals surface area contributed by atoms with Crippen molar-refractivity contribution in [2.45, 2.75) is 39.7 Å². The van der Waals surface area contributed by atoms with Gasteiger partial charge in [0.15, 0.2) is 0 Å². The maximum atomic E-state index is 12.6. The fourth-order valence-corrected chi connectivity index (χ4v) is 3.10. The Morgan fingerprint density at radius 1 is 1.28 bits per heavy atom. The molecule has 1 fully saturated rings. The number of anilines is 2. The summed E-state index contributed by atoms with van der Waals surface area (Å²) in [4.78, 5) is 26.6. The van der Waals surface area contributed by atoms with Gasteiger partial charge in [0.25, 0.3) is 0 Å². The van der Waals surface area contributed by atoms with E-state index in [1.165, 1.54) is 5.56 Å². The van der Waals surface area contributed by atoms with Crippen LogP contribution in [0.25, 0.3) is 0 Å². The predicted molar refractivity (Wildman–Crippen MR) is 97.5 cm³/mol. The molecule has 1 aromatic heterocycles. The first-order valence-corrected chi connectivity index (χ1v) is 8.73. The molecule has 2 amide bonds. The summed E-state index contributed by atoms with van der Waals surface area (Å²) in [5.74, 6) is 0.164. The van der Waals surface area contributed by atoms with Gasteiger partial charge in [0.05, 0.1) is 12.1 Å². The molecule has 0 saturated carbocycles. The minimum absolute atomic E-state index is 0.0123. The Morgan fingerprint density at radius 3 is 2.64 bits per heavy atom. The van der Waals surface area contributed by atoms with Gasteiger partial charge in [-0.05, 0) is 38.0 Å². The van der Waals surface area contributed by atoms with Crippen molar-refractivity contribution in [3.63, 3.8) is 0 Å². The van der Waals surface area contributed by atoms with E-state index in [9.17, 15) is 9.59 Å². The Morgan fingerprint density at radius 2 is 2.00 bits per heavy atom. The summed E-state index contributed by atoms with van der Waals surface area (Å²) in [7, 11) is 0. The number of nitrogens with one attached hydrogen (secondary N) is 1. The first-order chi connectivity index (χ1) is 12.0. The van der Waals surface area contributed by atoms with Crippen molar-refractivity contribution in [2.75, 3.05) is 16.8 Å².